The summed E-state index contributed by atoms with van der Waals surface area (Å²) in [6, 6.07) is 18.5. The summed E-state index contributed by atoms with van der Waals surface area (Å²) in [6.07, 6.45) is 1.79. The number of hydrogen-bond donors (Lipinski definition) is 0. The van der Waals surface area contributed by atoms with E-state index in [4.69, 9.17) is 11.6 Å². The number of carbonyl (C=O) groups excluding carboxylic acids is 1. The van der Waals surface area contributed by atoms with Crippen molar-refractivity contribution in [3.8, 4) is 5.69 Å². The average molecular weight is 394 g/mol. The lowest BCUT2D eigenvalue weighted by molar-refractivity contribution is 0.0726. The Bertz CT molecular complexity index is 1060. The molecular formula is C22H20ClN3O2. The van der Waals surface area contributed by atoms with Crippen molar-refractivity contribution in [2.75, 3.05) is 6.54 Å². The number of hydrogen-bond acceptors (Lipinski definition) is 3. The number of aromatic nitrogens is 2. The summed E-state index contributed by atoms with van der Waals surface area (Å²) in [5, 5.41) is 5.03. The van der Waals surface area contributed by atoms with Gasteiger partial charge in [-0.05, 0) is 49.6 Å². The number of benzene rings is 2. The van der Waals surface area contributed by atoms with E-state index in [1.165, 1.54) is 6.07 Å². The summed E-state index contributed by atoms with van der Waals surface area (Å²) < 4.78 is 1.61. The SMILES string of the molecule is Cc1cc(=O)c(C(=O)N2CCCC2c2ccccc2)nn1-c1ccc(Cl)cc1. The Labute approximate surface area is 168 Å². The summed E-state index contributed by atoms with van der Waals surface area (Å²) in [5.74, 6) is -0.320. The first-order chi connectivity index (χ1) is 13.5. The molecule has 1 aliphatic rings. The Kier molecular flexibility index (Phi) is 5.01. The molecule has 3 aromatic rings. The van der Waals surface area contributed by atoms with Gasteiger partial charge in [0, 0.05) is 23.3 Å². The van der Waals surface area contributed by atoms with E-state index in [1.54, 1.807) is 28.6 Å². The van der Waals surface area contributed by atoms with Crippen molar-refractivity contribution < 1.29 is 4.79 Å². The lowest BCUT2D eigenvalue weighted by atomic mass is 10.0. The largest absolute Gasteiger partial charge is 0.330 e. The van der Waals surface area contributed by atoms with E-state index in [0.29, 0.717) is 17.3 Å². The van der Waals surface area contributed by atoms with Crippen LogP contribution in [0.5, 0.6) is 0 Å². The van der Waals surface area contributed by atoms with E-state index in [-0.39, 0.29) is 23.1 Å². The van der Waals surface area contributed by atoms with Crippen LogP contribution in [0.2, 0.25) is 5.02 Å². The van der Waals surface area contributed by atoms with Crippen molar-refractivity contribution >= 4 is 17.5 Å². The van der Waals surface area contributed by atoms with Gasteiger partial charge >= 0.3 is 0 Å². The molecule has 1 atom stereocenters. The number of rotatable bonds is 3. The molecule has 0 bridgehead atoms. The minimum Gasteiger partial charge on any atom is -0.330 e. The van der Waals surface area contributed by atoms with Crippen LogP contribution in [0.25, 0.3) is 5.69 Å². The third kappa shape index (κ3) is 3.45. The maximum atomic E-state index is 13.2. The van der Waals surface area contributed by atoms with Gasteiger partial charge in [-0.2, -0.15) is 5.10 Å². The molecule has 4 rings (SSSR count). The third-order valence-electron chi connectivity index (χ3n) is 5.08. The molecular weight excluding hydrogens is 374 g/mol. The number of halogens is 1. The molecule has 2 heterocycles. The highest BCUT2D eigenvalue weighted by molar-refractivity contribution is 6.30. The molecule has 1 amide bonds. The molecule has 5 nitrogen and oxygen atoms in total. The number of nitrogens with zero attached hydrogens (tertiary/aromatic N) is 3. The maximum absolute atomic E-state index is 13.2. The van der Waals surface area contributed by atoms with Gasteiger partial charge in [0.15, 0.2) is 5.69 Å². The van der Waals surface area contributed by atoms with Crippen molar-refractivity contribution in [2.45, 2.75) is 25.8 Å². The Morgan fingerprint density at radius 2 is 1.82 bits per heavy atom. The number of amides is 1. The Balaban J connectivity index is 1.72. The topological polar surface area (TPSA) is 55.2 Å². The predicted octanol–water partition coefficient (Wildman–Crippen LogP) is 4.17. The second-order valence-corrected chi connectivity index (χ2v) is 7.39. The third-order valence-corrected chi connectivity index (χ3v) is 5.33. The van der Waals surface area contributed by atoms with Gasteiger partial charge in [0.25, 0.3) is 5.91 Å². The first-order valence-electron chi connectivity index (χ1n) is 9.27. The summed E-state index contributed by atoms with van der Waals surface area (Å²) in [7, 11) is 0. The van der Waals surface area contributed by atoms with Gasteiger partial charge in [0.2, 0.25) is 5.43 Å². The van der Waals surface area contributed by atoms with Gasteiger partial charge in [0.05, 0.1) is 11.7 Å². The molecule has 1 fully saturated rings. The van der Waals surface area contributed by atoms with Crippen LogP contribution in [-0.2, 0) is 0 Å². The first kappa shape index (κ1) is 18.4. The van der Waals surface area contributed by atoms with E-state index in [0.717, 1.165) is 24.1 Å². The monoisotopic (exact) mass is 393 g/mol. The number of likely N-dealkylation sites (tertiary alicyclic amines) is 1. The smallest absolute Gasteiger partial charge is 0.278 e. The zero-order chi connectivity index (χ0) is 19.7. The van der Waals surface area contributed by atoms with E-state index in [2.05, 4.69) is 5.10 Å². The number of carbonyl (C=O) groups is 1. The molecule has 1 unspecified atom stereocenters. The molecule has 1 saturated heterocycles. The molecule has 6 heteroatoms. The Hall–Kier alpha value is -2.92. The van der Waals surface area contributed by atoms with Gasteiger partial charge in [-0.3, -0.25) is 9.59 Å². The first-order valence-corrected chi connectivity index (χ1v) is 9.65. The quantitative estimate of drug-likeness (QED) is 0.671. The average Bonchev–Trinajstić information content (AvgIpc) is 3.19. The molecule has 1 aromatic heterocycles. The molecule has 0 saturated carbocycles. The fourth-order valence-electron chi connectivity index (χ4n) is 3.71. The molecule has 1 aliphatic heterocycles. The molecule has 0 aliphatic carbocycles. The van der Waals surface area contributed by atoms with Crippen molar-refractivity contribution in [1.82, 2.24) is 14.7 Å². The maximum Gasteiger partial charge on any atom is 0.278 e. The Morgan fingerprint density at radius 3 is 2.54 bits per heavy atom. The molecule has 142 valence electrons. The van der Waals surface area contributed by atoms with Crippen LogP contribution in [0.1, 0.15) is 40.6 Å². The zero-order valence-corrected chi connectivity index (χ0v) is 16.3. The fraction of sp³-hybridized carbons (Fsp3) is 0.227. The Morgan fingerprint density at radius 1 is 1.11 bits per heavy atom. The highest BCUT2D eigenvalue weighted by atomic mass is 35.5. The summed E-state index contributed by atoms with van der Waals surface area (Å²) in [6.45, 7) is 2.41. The molecule has 0 N–H and O–H groups in total. The van der Waals surface area contributed by atoms with Crippen LogP contribution in [0.15, 0.2) is 65.5 Å². The van der Waals surface area contributed by atoms with Crippen LogP contribution in [-0.4, -0.2) is 27.1 Å². The summed E-state index contributed by atoms with van der Waals surface area (Å²) in [5.41, 5.74) is 2.08. The van der Waals surface area contributed by atoms with E-state index >= 15 is 0 Å². The minimum atomic E-state index is -0.355. The van der Waals surface area contributed by atoms with Crippen LogP contribution >= 0.6 is 11.6 Å². The van der Waals surface area contributed by atoms with Crippen LogP contribution in [0.4, 0.5) is 0 Å². The van der Waals surface area contributed by atoms with Crippen molar-refractivity contribution in [3.63, 3.8) is 0 Å². The van der Waals surface area contributed by atoms with Gasteiger partial charge in [0.1, 0.15) is 0 Å². The van der Waals surface area contributed by atoms with Gasteiger partial charge < -0.3 is 4.90 Å². The molecule has 28 heavy (non-hydrogen) atoms. The van der Waals surface area contributed by atoms with E-state index < -0.39 is 0 Å². The molecule has 0 radical (unpaired) electrons. The van der Waals surface area contributed by atoms with Crippen molar-refractivity contribution in [3.05, 3.63) is 92.9 Å². The second-order valence-electron chi connectivity index (χ2n) is 6.95. The van der Waals surface area contributed by atoms with Crippen LogP contribution < -0.4 is 5.43 Å². The molecule has 2 aromatic carbocycles. The standard InChI is InChI=1S/C22H20ClN3O2/c1-15-14-20(27)21(24-26(15)18-11-9-17(23)10-12-18)22(28)25-13-5-8-19(25)16-6-3-2-4-7-16/h2-4,6-7,9-12,14,19H,5,8,13H2,1H3. The highest BCUT2D eigenvalue weighted by Crippen LogP contribution is 2.32. The summed E-state index contributed by atoms with van der Waals surface area (Å²) in [4.78, 5) is 27.6. The van der Waals surface area contributed by atoms with Gasteiger partial charge in [-0.25, -0.2) is 4.68 Å². The lowest BCUT2D eigenvalue weighted by Gasteiger charge is -2.25. The van der Waals surface area contributed by atoms with Crippen molar-refractivity contribution in [2.24, 2.45) is 0 Å². The number of aryl methyl sites for hydroxylation is 1. The predicted molar refractivity (Wildman–Crippen MR) is 109 cm³/mol. The summed E-state index contributed by atoms with van der Waals surface area (Å²) >= 11 is 5.97. The van der Waals surface area contributed by atoms with E-state index in [9.17, 15) is 9.59 Å². The molecule has 0 spiro atoms. The van der Waals surface area contributed by atoms with Gasteiger partial charge in [-0.1, -0.05) is 41.9 Å². The minimum absolute atomic E-state index is 0.0276. The van der Waals surface area contributed by atoms with Gasteiger partial charge in [-0.15, -0.1) is 0 Å². The van der Waals surface area contributed by atoms with E-state index in [1.807, 2.05) is 42.5 Å². The highest BCUT2D eigenvalue weighted by Gasteiger charge is 2.32. The normalized spacial score (nSPS) is 16.4. The fourth-order valence-corrected chi connectivity index (χ4v) is 3.83. The van der Waals surface area contributed by atoms with Crippen molar-refractivity contribution in [1.29, 1.82) is 0 Å². The van der Waals surface area contributed by atoms with Crippen LogP contribution in [0, 0.1) is 6.92 Å². The zero-order valence-electron chi connectivity index (χ0n) is 15.5. The second kappa shape index (κ2) is 7.60. The van der Waals surface area contributed by atoms with Crippen LogP contribution in [0.3, 0.4) is 0 Å². The lowest BCUT2D eigenvalue weighted by Crippen LogP contribution is -2.36.